The van der Waals surface area contributed by atoms with Crippen LogP contribution in [0.1, 0.15) is 107 Å². The first-order valence-corrected chi connectivity index (χ1v) is 10.7. The Labute approximate surface area is 148 Å². The molecule has 0 saturated heterocycles. The van der Waals surface area contributed by atoms with Gasteiger partial charge in [0, 0.05) is 0 Å². The molecule has 4 atom stereocenters. The summed E-state index contributed by atoms with van der Waals surface area (Å²) < 4.78 is 0. The van der Waals surface area contributed by atoms with Gasteiger partial charge in [0.25, 0.3) is 0 Å². The average molecular weight is 323 g/mol. The lowest BCUT2D eigenvalue weighted by Crippen LogP contribution is -2.38. The van der Waals surface area contributed by atoms with Gasteiger partial charge in [-0.05, 0) is 66.6 Å². The lowest BCUT2D eigenvalue weighted by molar-refractivity contribution is 0.0174. The van der Waals surface area contributed by atoms with Gasteiger partial charge in [-0.2, -0.15) is 0 Å². The quantitative estimate of drug-likeness (QED) is 0.362. The fourth-order valence-electron chi connectivity index (χ4n) is 5.55. The minimum atomic E-state index is 0.686. The minimum absolute atomic E-state index is 0.686. The van der Waals surface area contributed by atoms with Crippen molar-refractivity contribution >= 4 is 0 Å². The molecule has 1 fully saturated rings. The highest BCUT2D eigenvalue weighted by atomic mass is 14.5. The van der Waals surface area contributed by atoms with Gasteiger partial charge in [-0.1, -0.05) is 81.1 Å². The first kappa shape index (κ1) is 21.0. The van der Waals surface area contributed by atoms with Gasteiger partial charge in [0.05, 0.1) is 0 Å². The van der Waals surface area contributed by atoms with Gasteiger partial charge in [-0.15, -0.1) is 0 Å². The van der Waals surface area contributed by atoms with Crippen LogP contribution < -0.4 is 0 Å². The molecule has 0 aromatic heterocycles. The normalized spacial score (nSPS) is 29.9. The van der Waals surface area contributed by atoms with E-state index in [4.69, 9.17) is 0 Å². The Kier molecular flexibility index (Phi) is 8.67. The number of hydrogen-bond acceptors (Lipinski definition) is 0. The van der Waals surface area contributed by atoms with E-state index in [2.05, 4.69) is 55.4 Å². The lowest BCUT2D eigenvalue weighted by atomic mass is 9.56. The second-order valence-corrected chi connectivity index (χ2v) is 9.94. The summed E-state index contributed by atoms with van der Waals surface area (Å²) in [5, 5.41) is 0. The zero-order valence-corrected chi connectivity index (χ0v) is 17.6. The van der Waals surface area contributed by atoms with E-state index in [9.17, 15) is 0 Å². The third-order valence-electron chi connectivity index (χ3n) is 7.04. The summed E-state index contributed by atoms with van der Waals surface area (Å²) in [7, 11) is 0. The van der Waals surface area contributed by atoms with Crippen LogP contribution in [0.5, 0.6) is 0 Å². The van der Waals surface area contributed by atoms with Crippen LogP contribution in [0.2, 0.25) is 0 Å². The highest BCUT2D eigenvalue weighted by Crippen LogP contribution is 2.52. The molecule has 4 unspecified atom stereocenters. The van der Waals surface area contributed by atoms with Crippen LogP contribution in [-0.2, 0) is 0 Å². The largest absolute Gasteiger partial charge is 0.0654 e. The molecule has 0 bridgehead atoms. The summed E-state index contributed by atoms with van der Waals surface area (Å²) >= 11 is 0. The maximum atomic E-state index is 2.54. The molecule has 0 amide bonds. The monoisotopic (exact) mass is 322 g/mol. The van der Waals surface area contributed by atoms with Crippen LogP contribution in [0, 0.1) is 40.9 Å². The maximum absolute atomic E-state index is 2.54. The molecule has 0 aromatic carbocycles. The molecule has 1 saturated carbocycles. The summed E-state index contributed by atoms with van der Waals surface area (Å²) in [5.74, 6) is 5.53. The van der Waals surface area contributed by atoms with Crippen LogP contribution in [-0.4, -0.2) is 0 Å². The van der Waals surface area contributed by atoms with Crippen molar-refractivity contribution in [2.24, 2.45) is 40.9 Å². The second kappa shape index (κ2) is 9.47. The standard InChI is InChI=1S/C23H46/c1-9-13-23(8)15-21(16-23)19(6)14-20(7)22(10-2)18(5)12-11-17(3)4/h17-22H,9-16H2,1-8H3. The molecule has 0 N–H and O–H groups in total. The summed E-state index contributed by atoms with van der Waals surface area (Å²) in [5.41, 5.74) is 0.686. The SMILES string of the molecule is CCCC1(C)CC(C(C)CC(C)C(CC)C(C)CCC(C)C)C1. The van der Waals surface area contributed by atoms with E-state index >= 15 is 0 Å². The fourth-order valence-corrected chi connectivity index (χ4v) is 5.55. The van der Waals surface area contributed by atoms with Crippen LogP contribution in [0.4, 0.5) is 0 Å². The van der Waals surface area contributed by atoms with Gasteiger partial charge in [0.1, 0.15) is 0 Å². The smallest absolute Gasteiger partial charge is 0.0320 e. The van der Waals surface area contributed by atoms with Gasteiger partial charge in [0.15, 0.2) is 0 Å². The molecule has 1 aliphatic carbocycles. The molecule has 0 radical (unpaired) electrons. The Morgan fingerprint density at radius 3 is 2.00 bits per heavy atom. The van der Waals surface area contributed by atoms with Crippen LogP contribution in [0.3, 0.4) is 0 Å². The Morgan fingerprint density at radius 2 is 1.52 bits per heavy atom. The summed E-state index contributed by atoms with van der Waals surface area (Å²) in [6, 6.07) is 0. The number of rotatable bonds is 11. The molecular formula is C23H46. The molecule has 138 valence electrons. The third kappa shape index (κ3) is 6.43. The van der Waals surface area contributed by atoms with E-state index in [1.807, 2.05) is 0 Å². The van der Waals surface area contributed by atoms with Crippen molar-refractivity contribution in [3.8, 4) is 0 Å². The van der Waals surface area contributed by atoms with E-state index in [1.165, 1.54) is 51.4 Å². The fraction of sp³-hybridized carbons (Fsp3) is 1.00. The lowest BCUT2D eigenvalue weighted by Gasteiger charge is -2.49. The molecule has 0 heterocycles. The zero-order valence-electron chi connectivity index (χ0n) is 17.6. The van der Waals surface area contributed by atoms with E-state index < -0.39 is 0 Å². The third-order valence-corrected chi connectivity index (χ3v) is 7.04. The highest BCUT2D eigenvalue weighted by Gasteiger charge is 2.42. The second-order valence-electron chi connectivity index (χ2n) is 9.94. The van der Waals surface area contributed by atoms with E-state index in [1.54, 1.807) is 0 Å². The first-order valence-electron chi connectivity index (χ1n) is 10.7. The van der Waals surface area contributed by atoms with Gasteiger partial charge in [0.2, 0.25) is 0 Å². The molecule has 23 heavy (non-hydrogen) atoms. The van der Waals surface area contributed by atoms with Gasteiger partial charge < -0.3 is 0 Å². The van der Waals surface area contributed by atoms with Crippen molar-refractivity contribution < 1.29 is 0 Å². The predicted octanol–water partition coefficient (Wildman–Crippen LogP) is 7.96. The van der Waals surface area contributed by atoms with Gasteiger partial charge in [-0.25, -0.2) is 0 Å². The van der Waals surface area contributed by atoms with E-state index in [-0.39, 0.29) is 0 Å². The summed E-state index contributed by atoms with van der Waals surface area (Å²) in [6.45, 7) is 19.6. The Balaban J connectivity index is 2.42. The Morgan fingerprint density at radius 1 is 0.913 bits per heavy atom. The molecule has 0 spiro atoms. The number of hydrogen-bond donors (Lipinski definition) is 0. The molecule has 0 aliphatic heterocycles. The molecule has 1 aliphatic rings. The predicted molar refractivity (Wildman–Crippen MR) is 106 cm³/mol. The average Bonchev–Trinajstić information content (AvgIpc) is 2.43. The summed E-state index contributed by atoms with van der Waals surface area (Å²) in [4.78, 5) is 0. The maximum Gasteiger partial charge on any atom is -0.0320 e. The topological polar surface area (TPSA) is 0 Å². The Hall–Kier alpha value is 0. The van der Waals surface area contributed by atoms with Crippen LogP contribution in [0.25, 0.3) is 0 Å². The van der Waals surface area contributed by atoms with Crippen molar-refractivity contribution in [1.82, 2.24) is 0 Å². The van der Waals surface area contributed by atoms with Crippen molar-refractivity contribution in [3.05, 3.63) is 0 Å². The van der Waals surface area contributed by atoms with E-state index in [0.29, 0.717) is 5.41 Å². The molecule has 0 aromatic rings. The highest BCUT2D eigenvalue weighted by molar-refractivity contribution is 4.92. The Bertz CT molecular complexity index is 310. The molecule has 0 heteroatoms. The summed E-state index contributed by atoms with van der Waals surface area (Å²) in [6.07, 6.45) is 11.4. The van der Waals surface area contributed by atoms with Crippen LogP contribution in [0.15, 0.2) is 0 Å². The molecule has 0 nitrogen and oxygen atoms in total. The first-order chi connectivity index (χ1) is 10.7. The van der Waals surface area contributed by atoms with Crippen molar-refractivity contribution in [3.63, 3.8) is 0 Å². The van der Waals surface area contributed by atoms with Crippen LogP contribution >= 0.6 is 0 Å². The van der Waals surface area contributed by atoms with Gasteiger partial charge >= 0.3 is 0 Å². The zero-order chi connectivity index (χ0) is 17.6. The molecule has 1 rings (SSSR count). The van der Waals surface area contributed by atoms with Crippen molar-refractivity contribution in [1.29, 1.82) is 0 Å². The van der Waals surface area contributed by atoms with Crippen molar-refractivity contribution in [2.75, 3.05) is 0 Å². The minimum Gasteiger partial charge on any atom is -0.0654 e. The molecular weight excluding hydrogens is 276 g/mol. The van der Waals surface area contributed by atoms with E-state index in [0.717, 1.165) is 35.5 Å². The van der Waals surface area contributed by atoms with Crippen molar-refractivity contribution in [2.45, 2.75) is 107 Å². The van der Waals surface area contributed by atoms with Gasteiger partial charge in [-0.3, -0.25) is 0 Å².